The minimum absolute atomic E-state index is 0.0636. The first-order valence-corrected chi connectivity index (χ1v) is 7.66. The molecule has 6 nitrogen and oxygen atoms in total. The van der Waals surface area contributed by atoms with Crippen molar-refractivity contribution in [3.63, 3.8) is 0 Å². The molecule has 1 aliphatic carbocycles. The molecule has 2 aliphatic heterocycles. The van der Waals surface area contributed by atoms with Crippen molar-refractivity contribution < 1.29 is 9.31 Å². The number of allylic oxidation sites excluding steroid dienone is 2. The van der Waals surface area contributed by atoms with Crippen molar-refractivity contribution in [1.29, 1.82) is 0 Å². The summed E-state index contributed by atoms with van der Waals surface area (Å²) in [7, 11) is 4.21. The van der Waals surface area contributed by atoms with Crippen molar-refractivity contribution in [2.75, 3.05) is 45.2 Å². The summed E-state index contributed by atoms with van der Waals surface area (Å²) >= 11 is 0. The number of aromatic nitrogens is 2. The molecule has 1 unspecified atom stereocenters. The zero-order valence-electron chi connectivity index (χ0n) is 12.9. The standard InChI is InChI=1S/C16H20N5O/c1-19-7-9-21(10-8-19)15-11-13-16(18-17-15)22-14-6-4-3-5-12(14)20(13)2/h3-6,11,14H,7-10H2,1-2H3/q+1. The van der Waals surface area contributed by atoms with Gasteiger partial charge in [-0.15, -0.1) is 10.2 Å². The van der Waals surface area contributed by atoms with Gasteiger partial charge in [-0.25, -0.2) is 0 Å². The van der Waals surface area contributed by atoms with E-state index in [1.54, 1.807) is 0 Å². The highest BCUT2D eigenvalue weighted by molar-refractivity contribution is 5.99. The summed E-state index contributed by atoms with van der Waals surface area (Å²) in [5.41, 5.74) is 2.11. The summed E-state index contributed by atoms with van der Waals surface area (Å²) in [6, 6.07) is 2.09. The third-order valence-corrected chi connectivity index (χ3v) is 4.50. The van der Waals surface area contributed by atoms with Crippen LogP contribution in [0.1, 0.15) is 0 Å². The van der Waals surface area contributed by atoms with E-state index < -0.39 is 0 Å². The van der Waals surface area contributed by atoms with Gasteiger partial charge in [0.1, 0.15) is 7.05 Å². The summed E-state index contributed by atoms with van der Waals surface area (Å²) in [6.07, 6.45) is 8.09. The van der Waals surface area contributed by atoms with E-state index in [9.17, 15) is 0 Å². The van der Waals surface area contributed by atoms with Crippen molar-refractivity contribution in [1.82, 2.24) is 15.1 Å². The van der Waals surface area contributed by atoms with E-state index in [4.69, 9.17) is 4.74 Å². The number of nitrogens with zero attached hydrogens (tertiary/aromatic N) is 5. The molecule has 114 valence electrons. The lowest BCUT2D eigenvalue weighted by atomic mass is 10.1. The van der Waals surface area contributed by atoms with Gasteiger partial charge in [0.25, 0.3) is 5.69 Å². The van der Waals surface area contributed by atoms with Gasteiger partial charge in [0.2, 0.25) is 11.8 Å². The van der Waals surface area contributed by atoms with Crippen LogP contribution in [0.25, 0.3) is 0 Å². The summed E-state index contributed by atoms with van der Waals surface area (Å²) in [5.74, 6) is 1.53. The maximum atomic E-state index is 5.95. The first-order valence-electron chi connectivity index (χ1n) is 7.66. The fourth-order valence-electron chi connectivity index (χ4n) is 3.05. The van der Waals surface area contributed by atoms with E-state index in [-0.39, 0.29) is 6.10 Å². The smallest absolute Gasteiger partial charge is 0.308 e. The van der Waals surface area contributed by atoms with Crippen molar-refractivity contribution in [2.45, 2.75) is 6.10 Å². The molecule has 4 rings (SSSR count). The Morgan fingerprint density at radius 3 is 2.82 bits per heavy atom. The molecule has 1 fully saturated rings. The summed E-state index contributed by atoms with van der Waals surface area (Å²) in [5, 5.41) is 8.68. The Balaban J connectivity index is 1.69. The van der Waals surface area contributed by atoms with Crippen LogP contribution in [-0.4, -0.2) is 71.8 Å². The molecular formula is C16H20N5O+. The molecule has 3 aliphatic rings. The number of rotatable bonds is 1. The molecular weight excluding hydrogens is 278 g/mol. The number of likely N-dealkylation sites (N-methyl/N-ethyl adjacent to an activating group) is 1. The van der Waals surface area contributed by atoms with Gasteiger partial charge < -0.3 is 14.5 Å². The fourth-order valence-corrected chi connectivity index (χ4v) is 3.05. The van der Waals surface area contributed by atoms with E-state index in [0.717, 1.165) is 43.4 Å². The molecule has 3 heterocycles. The second-order valence-electron chi connectivity index (χ2n) is 5.95. The molecule has 0 bridgehead atoms. The molecule has 1 atom stereocenters. The lowest BCUT2D eigenvalue weighted by molar-refractivity contribution is -0.412. The third kappa shape index (κ3) is 2.20. The average Bonchev–Trinajstić information content (AvgIpc) is 2.56. The largest absolute Gasteiger partial charge is 0.453 e. The Hall–Kier alpha value is -2.21. The minimum Gasteiger partial charge on any atom is -0.453 e. The van der Waals surface area contributed by atoms with Crippen LogP contribution in [0.15, 0.2) is 30.4 Å². The zero-order chi connectivity index (χ0) is 15.1. The predicted molar refractivity (Wildman–Crippen MR) is 85.3 cm³/mol. The number of piperazine rings is 1. The van der Waals surface area contributed by atoms with E-state index in [2.05, 4.69) is 50.8 Å². The van der Waals surface area contributed by atoms with Crippen LogP contribution in [-0.2, 0) is 0 Å². The van der Waals surface area contributed by atoms with Gasteiger partial charge in [-0.1, -0.05) is 12.2 Å². The first-order chi connectivity index (χ1) is 10.7. The molecule has 1 saturated heterocycles. The van der Waals surface area contributed by atoms with Crippen molar-refractivity contribution in [2.24, 2.45) is 0 Å². The number of ether oxygens (including phenoxy) is 1. The van der Waals surface area contributed by atoms with Gasteiger partial charge in [-0.2, -0.15) is 4.58 Å². The van der Waals surface area contributed by atoms with Crippen LogP contribution in [0.5, 0.6) is 5.88 Å². The maximum absolute atomic E-state index is 5.95. The summed E-state index contributed by atoms with van der Waals surface area (Å²) in [4.78, 5) is 4.62. The molecule has 6 heteroatoms. The van der Waals surface area contributed by atoms with Gasteiger partial charge in [-0.05, 0) is 13.1 Å². The fraction of sp³-hybridized carbons (Fsp3) is 0.438. The quantitative estimate of drug-likeness (QED) is 0.719. The van der Waals surface area contributed by atoms with Crippen molar-refractivity contribution >= 4 is 17.2 Å². The predicted octanol–water partition coefficient (Wildman–Crippen LogP) is 0.830. The van der Waals surface area contributed by atoms with Gasteiger partial charge in [0.05, 0.1) is 6.07 Å². The normalized spacial score (nSPS) is 24.1. The van der Waals surface area contributed by atoms with E-state index in [1.165, 1.54) is 0 Å². The number of fused-ring (bicyclic) bond motifs is 2. The Morgan fingerprint density at radius 1 is 1.18 bits per heavy atom. The van der Waals surface area contributed by atoms with Crippen molar-refractivity contribution in [3.05, 3.63) is 30.4 Å². The number of hydrogen-bond donors (Lipinski definition) is 0. The lowest BCUT2D eigenvalue weighted by Crippen LogP contribution is -2.45. The molecule has 0 N–H and O–H groups in total. The molecule has 22 heavy (non-hydrogen) atoms. The van der Waals surface area contributed by atoms with E-state index >= 15 is 0 Å². The molecule has 0 amide bonds. The number of hydrogen-bond acceptors (Lipinski definition) is 5. The number of anilines is 1. The van der Waals surface area contributed by atoms with Gasteiger partial charge in [0.15, 0.2) is 5.82 Å². The van der Waals surface area contributed by atoms with E-state index in [0.29, 0.717) is 5.88 Å². The molecule has 1 aromatic heterocycles. The van der Waals surface area contributed by atoms with Crippen LogP contribution in [0.4, 0.5) is 11.5 Å². The van der Waals surface area contributed by atoms with Crippen LogP contribution in [0.3, 0.4) is 0 Å². The maximum Gasteiger partial charge on any atom is 0.308 e. The van der Waals surface area contributed by atoms with Crippen LogP contribution < -0.4 is 9.64 Å². The average molecular weight is 298 g/mol. The lowest BCUT2D eigenvalue weighted by Gasteiger charge is -2.33. The summed E-state index contributed by atoms with van der Waals surface area (Å²) < 4.78 is 8.10. The Labute approximate surface area is 130 Å². The molecule has 1 aromatic rings. The SMILES string of the molecule is CN1CCN(c2cc3c(nn2)OC2C=CC=CC2=[N+]3C)CC1. The molecule has 0 spiro atoms. The summed E-state index contributed by atoms with van der Waals surface area (Å²) in [6.45, 7) is 4.07. The highest BCUT2D eigenvalue weighted by atomic mass is 16.5. The van der Waals surface area contributed by atoms with Crippen molar-refractivity contribution in [3.8, 4) is 5.88 Å². The van der Waals surface area contributed by atoms with Crippen LogP contribution in [0.2, 0.25) is 0 Å². The first kappa shape index (κ1) is 13.5. The Bertz CT molecular complexity index is 686. The molecule has 0 saturated carbocycles. The van der Waals surface area contributed by atoms with E-state index in [1.807, 2.05) is 18.2 Å². The minimum atomic E-state index is -0.0636. The third-order valence-electron chi connectivity index (χ3n) is 4.50. The van der Waals surface area contributed by atoms with Gasteiger partial charge in [-0.3, -0.25) is 0 Å². The van der Waals surface area contributed by atoms with Gasteiger partial charge in [0, 0.05) is 32.3 Å². The second kappa shape index (κ2) is 5.21. The monoisotopic (exact) mass is 298 g/mol. The Kier molecular flexibility index (Phi) is 3.18. The van der Waals surface area contributed by atoms with Gasteiger partial charge >= 0.3 is 5.88 Å². The van der Waals surface area contributed by atoms with Crippen LogP contribution >= 0.6 is 0 Å². The highest BCUT2D eigenvalue weighted by Crippen LogP contribution is 2.32. The zero-order valence-corrected chi connectivity index (χ0v) is 12.9. The Morgan fingerprint density at radius 2 is 2.00 bits per heavy atom. The molecule has 0 aromatic carbocycles. The van der Waals surface area contributed by atoms with Crippen LogP contribution in [0, 0.1) is 0 Å². The highest BCUT2D eigenvalue weighted by Gasteiger charge is 2.34. The second-order valence-corrected chi connectivity index (χ2v) is 5.95. The topological polar surface area (TPSA) is 44.5 Å². The molecule has 0 radical (unpaired) electrons.